The molecule has 0 fully saturated rings. The second-order valence-corrected chi connectivity index (χ2v) is 7.62. The van der Waals surface area contributed by atoms with Crippen molar-refractivity contribution in [1.82, 2.24) is 4.72 Å². The Morgan fingerprint density at radius 1 is 1.05 bits per heavy atom. The molecule has 1 aliphatic carbocycles. The number of aryl methyl sites for hydroxylation is 3. The zero-order chi connectivity index (χ0) is 15.9. The molecule has 4 heteroatoms. The minimum Gasteiger partial charge on any atom is -0.207 e. The third-order valence-electron chi connectivity index (χ3n) is 4.12. The van der Waals surface area contributed by atoms with E-state index in [1.165, 1.54) is 5.56 Å². The third kappa shape index (κ3) is 2.69. The van der Waals surface area contributed by atoms with Gasteiger partial charge in [0.05, 0.1) is 10.9 Å². The lowest BCUT2D eigenvalue weighted by molar-refractivity contribution is 0.570. The molecule has 1 N–H and O–H groups in total. The summed E-state index contributed by atoms with van der Waals surface area (Å²) >= 11 is 0. The smallest absolute Gasteiger partial charge is 0.207 e. The Balaban J connectivity index is 1.96. The van der Waals surface area contributed by atoms with Crippen LogP contribution >= 0.6 is 0 Å². The Bertz CT molecular complexity index is 802. The van der Waals surface area contributed by atoms with Crippen LogP contribution in [-0.2, 0) is 16.4 Å². The molecule has 1 atom stereocenters. The second-order valence-electron chi connectivity index (χ2n) is 5.97. The molecule has 2 aromatic rings. The molecule has 0 heterocycles. The van der Waals surface area contributed by atoms with E-state index < -0.39 is 10.0 Å². The van der Waals surface area contributed by atoms with Crippen molar-refractivity contribution in [3.05, 3.63) is 70.6 Å². The minimum absolute atomic E-state index is 0.249. The number of hydrogen-bond donors (Lipinski definition) is 1. The predicted molar refractivity (Wildman–Crippen MR) is 88.2 cm³/mol. The molecule has 2 aromatic carbocycles. The van der Waals surface area contributed by atoms with Crippen molar-refractivity contribution in [3.8, 4) is 0 Å². The molecule has 3 rings (SSSR count). The molecule has 3 nitrogen and oxygen atoms in total. The van der Waals surface area contributed by atoms with E-state index in [4.69, 9.17) is 0 Å². The number of hydrogen-bond acceptors (Lipinski definition) is 2. The van der Waals surface area contributed by atoms with Crippen LogP contribution in [0.15, 0.2) is 41.3 Å². The number of sulfonamides is 1. The molecule has 0 unspecified atom stereocenters. The molecule has 0 aliphatic heterocycles. The highest BCUT2D eigenvalue weighted by molar-refractivity contribution is 7.89. The van der Waals surface area contributed by atoms with Crippen LogP contribution in [0.5, 0.6) is 0 Å². The first-order valence-electron chi connectivity index (χ1n) is 7.40. The highest BCUT2D eigenvalue weighted by Gasteiger charge is 2.29. The summed E-state index contributed by atoms with van der Waals surface area (Å²) < 4.78 is 28.5. The van der Waals surface area contributed by atoms with Crippen LogP contribution in [0.25, 0.3) is 0 Å². The minimum atomic E-state index is -3.55. The van der Waals surface area contributed by atoms with Gasteiger partial charge in [0.1, 0.15) is 0 Å². The Labute approximate surface area is 132 Å². The van der Waals surface area contributed by atoms with Gasteiger partial charge in [0.15, 0.2) is 0 Å². The van der Waals surface area contributed by atoms with Crippen LogP contribution in [0, 0.1) is 27.2 Å². The lowest BCUT2D eigenvalue weighted by Gasteiger charge is -2.17. The normalized spacial score (nSPS) is 17.5. The van der Waals surface area contributed by atoms with Gasteiger partial charge in [-0.15, -0.1) is 0 Å². The van der Waals surface area contributed by atoms with Crippen LogP contribution < -0.4 is 4.72 Å². The van der Waals surface area contributed by atoms with Crippen molar-refractivity contribution in [3.63, 3.8) is 0 Å². The Morgan fingerprint density at radius 2 is 1.68 bits per heavy atom. The molecule has 0 saturated heterocycles. The van der Waals surface area contributed by atoms with Gasteiger partial charge in [0.2, 0.25) is 10.0 Å². The fraction of sp³-hybridized carbons (Fsp3) is 0.278. The summed E-state index contributed by atoms with van der Waals surface area (Å²) in [7, 11) is -3.55. The van der Waals surface area contributed by atoms with E-state index in [0.717, 1.165) is 28.7 Å². The van der Waals surface area contributed by atoms with Gasteiger partial charge in [-0.25, -0.2) is 13.1 Å². The van der Waals surface area contributed by atoms with E-state index in [1.54, 1.807) is 0 Å². The van der Waals surface area contributed by atoms with Crippen molar-refractivity contribution in [2.75, 3.05) is 0 Å². The quantitative estimate of drug-likeness (QED) is 0.944. The Morgan fingerprint density at radius 3 is 2.36 bits per heavy atom. The van der Waals surface area contributed by atoms with Crippen molar-refractivity contribution in [2.24, 2.45) is 0 Å². The standard InChI is InChI=1S/C18H20NO2S/c1-12-10-13(2)18(14(3)11-12)22(20,21)19-17-9-8-15-6-4-5-7-16(15)17/h4-7,9-11,17,19H,8H2,1-3H3/t17-/m1/s1. The number of benzene rings is 2. The van der Waals surface area contributed by atoms with Crippen molar-refractivity contribution < 1.29 is 8.42 Å². The molecule has 0 saturated carbocycles. The van der Waals surface area contributed by atoms with Gasteiger partial charge < -0.3 is 0 Å². The topological polar surface area (TPSA) is 46.2 Å². The lowest BCUT2D eigenvalue weighted by atomic mass is 10.1. The van der Waals surface area contributed by atoms with Gasteiger partial charge in [-0.3, -0.25) is 0 Å². The van der Waals surface area contributed by atoms with Crippen LogP contribution in [0.2, 0.25) is 0 Å². The first kappa shape index (κ1) is 15.3. The summed E-state index contributed by atoms with van der Waals surface area (Å²) in [5, 5.41) is 0. The first-order valence-corrected chi connectivity index (χ1v) is 8.88. The van der Waals surface area contributed by atoms with E-state index in [-0.39, 0.29) is 6.04 Å². The highest BCUT2D eigenvalue weighted by atomic mass is 32.2. The maximum atomic E-state index is 12.8. The summed E-state index contributed by atoms with van der Waals surface area (Å²) in [4.78, 5) is 0.399. The molecule has 0 amide bonds. The van der Waals surface area contributed by atoms with Crippen LogP contribution in [0.3, 0.4) is 0 Å². The maximum absolute atomic E-state index is 12.8. The SMILES string of the molecule is Cc1cc(C)c(S(=O)(=O)N[C@@H]2[CH]Cc3ccccc32)c(C)c1. The molecule has 0 aromatic heterocycles. The predicted octanol–water partition coefficient (Wildman–Crippen LogP) is 3.39. The van der Waals surface area contributed by atoms with E-state index in [2.05, 4.69) is 4.72 Å². The molecule has 115 valence electrons. The maximum Gasteiger partial charge on any atom is 0.241 e. The van der Waals surface area contributed by atoms with Crippen molar-refractivity contribution in [2.45, 2.75) is 38.1 Å². The average Bonchev–Trinajstić information content (AvgIpc) is 2.80. The monoisotopic (exact) mass is 314 g/mol. The van der Waals surface area contributed by atoms with Crippen molar-refractivity contribution >= 4 is 10.0 Å². The number of nitrogens with one attached hydrogen (secondary N) is 1. The summed E-state index contributed by atoms with van der Waals surface area (Å²) in [5.41, 5.74) is 4.89. The first-order chi connectivity index (χ1) is 10.4. The van der Waals surface area contributed by atoms with Crippen LogP contribution in [-0.4, -0.2) is 8.42 Å². The van der Waals surface area contributed by atoms with E-state index in [9.17, 15) is 8.42 Å². The Kier molecular flexibility index (Phi) is 3.83. The van der Waals surface area contributed by atoms with Crippen LogP contribution in [0.1, 0.15) is 33.9 Å². The third-order valence-corrected chi connectivity index (χ3v) is 5.86. The van der Waals surface area contributed by atoms with Gasteiger partial charge in [-0.05, 0) is 55.9 Å². The van der Waals surface area contributed by atoms with E-state index >= 15 is 0 Å². The van der Waals surface area contributed by atoms with Crippen molar-refractivity contribution in [1.29, 1.82) is 0 Å². The summed E-state index contributed by atoms with van der Waals surface area (Å²) in [6.07, 6.45) is 2.82. The van der Waals surface area contributed by atoms with E-state index in [0.29, 0.717) is 4.90 Å². The van der Waals surface area contributed by atoms with Gasteiger partial charge in [0.25, 0.3) is 0 Å². The molecular formula is C18H20NO2S. The summed E-state index contributed by atoms with van der Waals surface area (Å²) in [6.45, 7) is 5.67. The zero-order valence-corrected chi connectivity index (χ0v) is 13.9. The molecule has 1 aliphatic rings. The second kappa shape index (κ2) is 5.52. The van der Waals surface area contributed by atoms with Gasteiger partial charge >= 0.3 is 0 Å². The Hall–Kier alpha value is -1.65. The zero-order valence-electron chi connectivity index (χ0n) is 13.1. The van der Waals surface area contributed by atoms with Crippen LogP contribution in [0.4, 0.5) is 0 Å². The average molecular weight is 314 g/mol. The molecule has 1 radical (unpaired) electrons. The van der Waals surface area contributed by atoms with Gasteiger partial charge in [-0.1, -0.05) is 42.0 Å². The molecule has 0 spiro atoms. The molecule has 22 heavy (non-hydrogen) atoms. The molecule has 0 bridgehead atoms. The fourth-order valence-electron chi connectivity index (χ4n) is 3.32. The number of fused-ring (bicyclic) bond motifs is 1. The summed E-state index contributed by atoms with van der Waals surface area (Å²) in [6, 6.07) is 11.5. The largest absolute Gasteiger partial charge is 0.241 e. The lowest BCUT2D eigenvalue weighted by Crippen LogP contribution is -2.28. The van der Waals surface area contributed by atoms with E-state index in [1.807, 2.05) is 63.6 Å². The fourth-order valence-corrected chi connectivity index (χ4v) is 4.96. The van der Waals surface area contributed by atoms with Gasteiger partial charge in [0, 0.05) is 0 Å². The van der Waals surface area contributed by atoms with Gasteiger partial charge in [-0.2, -0.15) is 0 Å². The highest BCUT2D eigenvalue weighted by Crippen LogP contribution is 2.32. The molecular weight excluding hydrogens is 294 g/mol. The summed E-state index contributed by atoms with van der Waals surface area (Å²) in [5.74, 6) is 0. The number of rotatable bonds is 3.